The third-order valence-electron chi connectivity index (χ3n) is 3.31. The number of hydrogen-bond acceptors (Lipinski definition) is 2. The Kier molecular flexibility index (Phi) is 2.47. The lowest BCUT2D eigenvalue weighted by Gasteiger charge is -2.21. The number of benzene rings is 1. The lowest BCUT2D eigenvalue weighted by atomic mass is 9.95. The smallest absolute Gasteiger partial charge is 0.184 e. The summed E-state index contributed by atoms with van der Waals surface area (Å²) >= 11 is 0. The van der Waals surface area contributed by atoms with Crippen molar-refractivity contribution in [3.63, 3.8) is 0 Å². The summed E-state index contributed by atoms with van der Waals surface area (Å²) in [5.41, 5.74) is 1.15. The quantitative estimate of drug-likeness (QED) is 0.700. The second-order valence-electron chi connectivity index (χ2n) is 4.38. The summed E-state index contributed by atoms with van der Waals surface area (Å²) in [6.45, 7) is 0. The molecular weight excluding hydrogens is 188 g/mol. The zero-order valence-electron chi connectivity index (χ0n) is 8.76. The summed E-state index contributed by atoms with van der Waals surface area (Å²) in [4.78, 5) is 0. The molecule has 2 atom stereocenters. The van der Waals surface area contributed by atoms with E-state index in [2.05, 4.69) is 12.1 Å². The Morgan fingerprint density at radius 1 is 0.867 bits per heavy atom. The Bertz CT molecular complexity index is 309. The number of ether oxygens (including phenoxy) is 2. The Labute approximate surface area is 90.2 Å². The maximum Gasteiger partial charge on any atom is 0.184 e. The predicted octanol–water partition coefficient (Wildman–Crippen LogP) is 3.04. The van der Waals surface area contributed by atoms with E-state index in [-0.39, 0.29) is 6.29 Å². The van der Waals surface area contributed by atoms with Crippen molar-refractivity contribution in [3.05, 3.63) is 35.9 Å². The van der Waals surface area contributed by atoms with Crippen molar-refractivity contribution in [3.8, 4) is 0 Å². The molecule has 2 heteroatoms. The Hall–Kier alpha value is -0.860. The normalized spacial score (nSPS) is 35.1. The SMILES string of the molecule is c1ccc(C2OC3CCCCC3O2)cc1. The van der Waals surface area contributed by atoms with Crippen LogP contribution in [0.4, 0.5) is 0 Å². The molecule has 0 spiro atoms. The van der Waals surface area contributed by atoms with Crippen molar-refractivity contribution < 1.29 is 9.47 Å². The van der Waals surface area contributed by atoms with Crippen molar-refractivity contribution in [2.75, 3.05) is 0 Å². The van der Waals surface area contributed by atoms with Gasteiger partial charge < -0.3 is 9.47 Å². The van der Waals surface area contributed by atoms with Crippen LogP contribution in [0, 0.1) is 0 Å². The van der Waals surface area contributed by atoms with E-state index in [9.17, 15) is 0 Å². The zero-order valence-corrected chi connectivity index (χ0v) is 8.76. The van der Waals surface area contributed by atoms with E-state index < -0.39 is 0 Å². The minimum absolute atomic E-state index is 0.126. The van der Waals surface area contributed by atoms with E-state index in [1.54, 1.807) is 0 Å². The fourth-order valence-corrected chi connectivity index (χ4v) is 2.49. The molecule has 1 heterocycles. The molecule has 1 saturated heterocycles. The van der Waals surface area contributed by atoms with Crippen LogP contribution in [0.3, 0.4) is 0 Å². The van der Waals surface area contributed by atoms with Gasteiger partial charge in [0.15, 0.2) is 6.29 Å². The third-order valence-corrected chi connectivity index (χ3v) is 3.31. The first-order valence-corrected chi connectivity index (χ1v) is 5.79. The maximum absolute atomic E-state index is 5.93. The predicted molar refractivity (Wildman–Crippen MR) is 57.4 cm³/mol. The summed E-state index contributed by atoms with van der Waals surface area (Å²) in [6.07, 6.45) is 5.44. The maximum atomic E-state index is 5.93. The molecule has 15 heavy (non-hydrogen) atoms. The van der Waals surface area contributed by atoms with Crippen LogP contribution in [0.5, 0.6) is 0 Å². The van der Waals surface area contributed by atoms with Gasteiger partial charge in [0.2, 0.25) is 0 Å². The van der Waals surface area contributed by atoms with Gasteiger partial charge in [0.25, 0.3) is 0 Å². The molecule has 2 fully saturated rings. The monoisotopic (exact) mass is 204 g/mol. The topological polar surface area (TPSA) is 18.5 Å². The van der Waals surface area contributed by atoms with Crippen molar-refractivity contribution in [1.29, 1.82) is 0 Å². The highest BCUT2D eigenvalue weighted by molar-refractivity contribution is 5.16. The van der Waals surface area contributed by atoms with Crippen LogP contribution >= 0.6 is 0 Å². The lowest BCUT2D eigenvalue weighted by Crippen LogP contribution is -2.25. The van der Waals surface area contributed by atoms with Crippen LogP contribution in [-0.4, -0.2) is 12.2 Å². The van der Waals surface area contributed by atoms with Gasteiger partial charge in [-0.1, -0.05) is 43.2 Å². The average molecular weight is 204 g/mol. The molecule has 80 valence electrons. The molecule has 1 saturated carbocycles. The van der Waals surface area contributed by atoms with E-state index >= 15 is 0 Å². The van der Waals surface area contributed by atoms with Gasteiger partial charge in [-0.05, 0) is 12.8 Å². The van der Waals surface area contributed by atoms with E-state index in [4.69, 9.17) is 9.47 Å². The van der Waals surface area contributed by atoms with Crippen molar-refractivity contribution in [2.45, 2.75) is 44.2 Å². The minimum atomic E-state index is -0.126. The minimum Gasteiger partial charge on any atom is -0.342 e. The largest absolute Gasteiger partial charge is 0.342 e. The molecule has 1 aromatic carbocycles. The van der Waals surface area contributed by atoms with Gasteiger partial charge in [0, 0.05) is 5.56 Å². The van der Waals surface area contributed by atoms with E-state index in [0.29, 0.717) is 12.2 Å². The first-order chi connectivity index (χ1) is 7.43. The standard InChI is InChI=1S/C13H16O2/c1-2-6-10(7-3-1)13-14-11-8-4-5-9-12(11)15-13/h1-3,6-7,11-13H,4-5,8-9H2. The van der Waals surface area contributed by atoms with Gasteiger partial charge in [-0.3, -0.25) is 0 Å². The first-order valence-electron chi connectivity index (χ1n) is 5.79. The molecule has 1 aliphatic heterocycles. The zero-order chi connectivity index (χ0) is 10.1. The molecule has 0 aromatic heterocycles. The average Bonchev–Trinajstić information content (AvgIpc) is 2.74. The first kappa shape index (κ1) is 9.37. The van der Waals surface area contributed by atoms with Gasteiger partial charge in [-0.25, -0.2) is 0 Å². The summed E-state index contributed by atoms with van der Waals surface area (Å²) in [5, 5.41) is 0. The molecular formula is C13H16O2. The van der Waals surface area contributed by atoms with Crippen molar-refractivity contribution >= 4 is 0 Å². The van der Waals surface area contributed by atoms with Crippen LogP contribution in [0.25, 0.3) is 0 Å². The number of hydrogen-bond donors (Lipinski definition) is 0. The highest BCUT2D eigenvalue weighted by Crippen LogP contribution is 2.37. The van der Waals surface area contributed by atoms with E-state index in [0.717, 1.165) is 18.4 Å². The summed E-state index contributed by atoms with van der Waals surface area (Å²) in [6, 6.07) is 10.2. The molecule has 0 bridgehead atoms. The Morgan fingerprint density at radius 3 is 2.07 bits per heavy atom. The third kappa shape index (κ3) is 1.80. The second kappa shape index (κ2) is 3.95. The van der Waals surface area contributed by atoms with Crippen molar-refractivity contribution in [2.24, 2.45) is 0 Å². The second-order valence-corrected chi connectivity index (χ2v) is 4.38. The van der Waals surface area contributed by atoms with Gasteiger partial charge in [0.05, 0.1) is 12.2 Å². The van der Waals surface area contributed by atoms with Crippen LogP contribution in [0.2, 0.25) is 0 Å². The summed E-state index contributed by atoms with van der Waals surface area (Å²) < 4.78 is 11.9. The highest BCUT2D eigenvalue weighted by Gasteiger charge is 2.37. The van der Waals surface area contributed by atoms with Gasteiger partial charge in [-0.15, -0.1) is 0 Å². The summed E-state index contributed by atoms with van der Waals surface area (Å²) in [7, 11) is 0. The number of rotatable bonds is 1. The molecule has 0 amide bonds. The molecule has 3 rings (SSSR count). The fraction of sp³-hybridized carbons (Fsp3) is 0.538. The van der Waals surface area contributed by atoms with Gasteiger partial charge in [0.1, 0.15) is 0 Å². The van der Waals surface area contributed by atoms with E-state index in [1.165, 1.54) is 12.8 Å². The molecule has 1 aliphatic carbocycles. The highest BCUT2D eigenvalue weighted by atomic mass is 16.7. The number of fused-ring (bicyclic) bond motifs is 1. The van der Waals surface area contributed by atoms with Gasteiger partial charge >= 0.3 is 0 Å². The molecule has 1 aromatic rings. The Balaban J connectivity index is 1.75. The lowest BCUT2D eigenvalue weighted by molar-refractivity contribution is -0.0680. The van der Waals surface area contributed by atoms with Crippen LogP contribution < -0.4 is 0 Å². The fourth-order valence-electron chi connectivity index (χ4n) is 2.49. The Morgan fingerprint density at radius 2 is 1.47 bits per heavy atom. The van der Waals surface area contributed by atoms with Gasteiger partial charge in [-0.2, -0.15) is 0 Å². The van der Waals surface area contributed by atoms with Crippen LogP contribution in [0.15, 0.2) is 30.3 Å². The van der Waals surface area contributed by atoms with E-state index in [1.807, 2.05) is 18.2 Å². The van der Waals surface area contributed by atoms with Crippen LogP contribution in [0.1, 0.15) is 37.5 Å². The molecule has 0 N–H and O–H groups in total. The molecule has 0 radical (unpaired) electrons. The van der Waals surface area contributed by atoms with Crippen molar-refractivity contribution in [1.82, 2.24) is 0 Å². The molecule has 2 unspecified atom stereocenters. The molecule has 2 aliphatic rings. The summed E-state index contributed by atoms with van der Waals surface area (Å²) in [5.74, 6) is 0. The molecule has 2 nitrogen and oxygen atoms in total. The van der Waals surface area contributed by atoms with Crippen LogP contribution in [-0.2, 0) is 9.47 Å².